The summed E-state index contributed by atoms with van der Waals surface area (Å²) in [6.07, 6.45) is 3.38. The van der Waals surface area contributed by atoms with Crippen LogP contribution in [0.15, 0.2) is 29.8 Å². The van der Waals surface area contributed by atoms with Crippen LogP contribution in [0.2, 0.25) is 0 Å². The summed E-state index contributed by atoms with van der Waals surface area (Å²) in [4.78, 5) is 23.7. The molecule has 0 saturated heterocycles. The fourth-order valence-corrected chi connectivity index (χ4v) is 2.27. The second-order valence-corrected chi connectivity index (χ2v) is 5.05. The van der Waals surface area contributed by atoms with Crippen molar-refractivity contribution in [2.45, 2.75) is 31.8 Å². The Labute approximate surface area is 129 Å². The van der Waals surface area contributed by atoms with Gasteiger partial charge in [-0.15, -0.1) is 0 Å². The minimum Gasteiger partial charge on any atom is -0.497 e. The van der Waals surface area contributed by atoms with Crippen LogP contribution in [-0.4, -0.2) is 25.0 Å². The summed E-state index contributed by atoms with van der Waals surface area (Å²) >= 11 is 0. The number of esters is 1. The standard InChI is InChI=1S/C17H17NO4/c1-21-14-8-6-12(7-9-14)10-13(11-18)17(20)22-16-5-3-2-4-15(16)19/h6-10,16H,2-5H2,1H3/b13-10+/t16-/m1/s1. The topological polar surface area (TPSA) is 76.4 Å². The third-order valence-electron chi connectivity index (χ3n) is 3.52. The lowest BCUT2D eigenvalue weighted by atomic mass is 9.96. The van der Waals surface area contributed by atoms with Crippen molar-refractivity contribution in [3.05, 3.63) is 35.4 Å². The fourth-order valence-electron chi connectivity index (χ4n) is 2.27. The van der Waals surface area contributed by atoms with E-state index in [2.05, 4.69) is 0 Å². The van der Waals surface area contributed by atoms with E-state index in [0.29, 0.717) is 24.2 Å². The fraction of sp³-hybridized carbons (Fsp3) is 0.353. The normalized spacial score (nSPS) is 18.5. The van der Waals surface area contributed by atoms with Gasteiger partial charge in [0.05, 0.1) is 7.11 Å². The first-order valence-corrected chi connectivity index (χ1v) is 7.13. The van der Waals surface area contributed by atoms with Gasteiger partial charge in [0.1, 0.15) is 17.4 Å². The summed E-state index contributed by atoms with van der Waals surface area (Å²) in [5.74, 6) is -0.133. The highest BCUT2D eigenvalue weighted by atomic mass is 16.5. The molecule has 0 spiro atoms. The molecule has 114 valence electrons. The molecule has 0 bridgehead atoms. The average molecular weight is 299 g/mol. The Hall–Kier alpha value is -2.61. The molecule has 1 aliphatic carbocycles. The molecule has 0 radical (unpaired) electrons. The van der Waals surface area contributed by atoms with Gasteiger partial charge in [0.15, 0.2) is 11.9 Å². The Morgan fingerprint density at radius 3 is 2.64 bits per heavy atom. The summed E-state index contributed by atoms with van der Waals surface area (Å²) in [6, 6.07) is 8.76. The second kappa shape index (κ2) is 7.41. The maximum Gasteiger partial charge on any atom is 0.349 e. The monoisotopic (exact) mass is 299 g/mol. The number of benzene rings is 1. The molecule has 1 saturated carbocycles. The zero-order chi connectivity index (χ0) is 15.9. The highest BCUT2D eigenvalue weighted by Crippen LogP contribution is 2.19. The van der Waals surface area contributed by atoms with E-state index < -0.39 is 12.1 Å². The smallest absolute Gasteiger partial charge is 0.349 e. The number of rotatable bonds is 4. The Kier molecular flexibility index (Phi) is 5.31. The summed E-state index contributed by atoms with van der Waals surface area (Å²) in [7, 11) is 1.56. The van der Waals surface area contributed by atoms with Crippen molar-refractivity contribution in [3.63, 3.8) is 0 Å². The van der Waals surface area contributed by atoms with Gasteiger partial charge in [-0.05, 0) is 43.0 Å². The first kappa shape index (κ1) is 15.8. The predicted molar refractivity (Wildman–Crippen MR) is 79.9 cm³/mol. The molecule has 1 aromatic carbocycles. The molecule has 0 amide bonds. The lowest BCUT2D eigenvalue weighted by Gasteiger charge is -2.20. The van der Waals surface area contributed by atoms with Gasteiger partial charge in [-0.2, -0.15) is 5.26 Å². The molecular formula is C17H17NO4. The molecule has 22 heavy (non-hydrogen) atoms. The van der Waals surface area contributed by atoms with Gasteiger partial charge in [-0.3, -0.25) is 4.79 Å². The van der Waals surface area contributed by atoms with Gasteiger partial charge in [0.2, 0.25) is 0 Å². The number of hydrogen-bond acceptors (Lipinski definition) is 5. The highest BCUT2D eigenvalue weighted by molar-refractivity contribution is 5.99. The van der Waals surface area contributed by atoms with Gasteiger partial charge in [0.25, 0.3) is 0 Å². The van der Waals surface area contributed by atoms with Gasteiger partial charge in [-0.1, -0.05) is 12.1 Å². The largest absolute Gasteiger partial charge is 0.497 e. The summed E-state index contributed by atoms with van der Waals surface area (Å²) < 4.78 is 10.2. The highest BCUT2D eigenvalue weighted by Gasteiger charge is 2.27. The molecule has 0 unspecified atom stereocenters. The van der Waals surface area contributed by atoms with Gasteiger partial charge in [-0.25, -0.2) is 4.79 Å². The van der Waals surface area contributed by atoms with E-state index in [-0.39, 0.29) is 11.4 Å². The van der Waals surface area contributed by atoms with E-state index in [1.54, 1.807) is 31.4 Å². The first-order valence-electron chi connectivity index (χ1n) is 7.13. The molecule has 5 nitrogen and oxygen atoms in total. The number of carbonyl (C=O) groups is 2. The molecule has 0 aromatic heterocycles. The predicted octanol–water partition coefficient (Wildman–Crippen LogP) is 2.66. The van der Waals surface area contributed by atoms with Gasteiger partial charge < -0.3 is 9.47 Å². The van der Waals surface area contributed by atoms with Crippen molar-refractivity contribution in [1.29, 1.82) is 5.26 Å². The van der Waals surface area contributed by atoms with Crippen molar-refractivity contribution in [2.24, 2.45) is 0 Å². The van der Waals surface area contributed by atoms with Crippen LogP contribution in [0.3, 0.4) is 0 Å². The molecule has 1 atom stereocenters. The number of methoxy groups -OCH3 is 1. The first-order chi connectivity index (χ1) is 10.6. The SMILES string of the molecule is COc1ccc(/C=C(\C#N)C(=O)O[C@@H]2CCCCC2=O)cc1. The third-order valence-corrected chi connectivity index (χ3v) is 3.52. The zero-order valence-electron chi connectivity index (χ0n) is 12.4. The number of carbonyl (C=O) groups excluding carboxylic acids is 2. The third kappa shape index (κ3) is 3.95. The summed E-state index contributed by atoms with van der Waals surface area (Å²) in [5.41, 5.74) is 0.563. The van der Waals surface area contributed by atoms with Gasteiger partial charge >= 0.3 is 5.97 Å². The molecule has 1 fully saturated rings. The van der Waals surface area contributed by atoms with E-state index in [9.17, 15) is 9.59 Å². The van der Waals surface area contributed by atoms with Crippen molar-refractivity contribution in [3.8, 4) is 11.8 Å². The Morgan fingerprint density at radius 1 is 1.32 bits per heavy atom. The number of nitriles is 1. The van der Waals surface area contributed by atoms with Crippen LogP contribution >= 0.6 is 0 Å². The van der Waals surface area contributed by atoms with E-state index >= 15 is 0 Å². The number of ketones is 1. The zero-order valence-corrected chi connectivity index (χ0v) is 12.4. The quantitative estimate of drug-likeness (QED) is 0.485. The van der Waals surface area contributed by atoms with E-state index in [4.69, 9.17) is 14.7 Å². The van der Waals surface area contributed by atoms with Crippen LogP contribution < -0.4 is 4.74 Å². The van der Waals surface area contributed by atoms with Crippen LogP contribution in [0.1, 0.15) is 31.2 Å². The van der Waals surface area contributed by atoms with Crippen LogP contribution in [0, 0.1) is 11.3 Å². The molecule has 0 heterocycles. The van der Waals surface area contributed by atoms with Crippen LogP contribution in [-0.2, 0) is 14.3 Å². The van der Waals surface area contributed by atoms with E-state index in [0.717, 1.165) is 12.8 Å². The molecule has 1 aliphatic rings. The second-order valence-electron chi connectivity index (χ2n) is 5.05. The lowest BCUT2D eigenvalue weighted by Crippen LogP contribution is -2.30. The maximum atomic E-state index is 12.0. The molecule has 0 aliphatic heterocycles. The minimum absolute atomic E-state index is 0.0682. The molecule has 5 heteroatoms. The maximum absolute atomic E-state index is 12.0. The number of ether oxygens (including phenoxy) is 2. The lowest BCUT2D eigenvalue weighted by molar-refractivity contribution is -0.152. The molecule has 2 rings (SSSR count). The molecule has 0 N–H and O–H groups in total. The minimum atomic E-state index is -0.751. The van der Waals surface area contributed by atoms with Crippen LogP contribution in [0.25, 0.3) is 6.08 Å². The Balaban J connectivity index is 2.09. The summed E-state index contributed by atoms with van der Waals surface area (Å²) in [6.45, 7) is 0. The average Bonchev–Trinajstić information content (AvgIpc) is 2.55. The molecule has 1 aromatic rings. The summed E-state index contributed by atoms with van der Waals surface area (Å²) in [5, 5.41) is 9.13. The van der Waals surface area contributed by atoms with E-state index in [1.165, 1.54) is 6.08 Å². The Bertz CT molecular complexity index is 625. The number of hydrogen-bond donors (Lipinski definition) is 0. The number of Topliss-reactive ketones (excluding diaryl/α,β-unsaturated/α-hetero) is 1. The van der Waals surface area contributed by atoms with Crippen LogP contribution in [0.4, 0.5) is 0 Å². The molecular weight excluding hydrogens is 282 g/mol. The van der Waals surface area contributed by atoms with Crippen LogP contribution in [0.5, 0.6) is 5.75 Å². The number of nitrogens with zero attached hydrogens (tertiary/aromatic N) is 1. The van der Waals surface area contributed by atoms with E-state index in [1.807, 2.05) is 6.07 Å². The van der Waals surface area contributed by atoms with Crippen molar-refractivity contribution < 1.29 is 19.1 Å². The van der Waals surface area contributed by atoms with Crippen molar-refractivity contribution >= 4 is 17.8 Å². The van der Waals surface area contributed by atoms with Gasteiger partial charge in [0, 0.05) is 6.42 Å². The Morgan fingerprint density at radius 2 is 2.05 bits per heavy atom. The van der Waals surface area contributed by atoms with Crippen molar-refractivity contribution in [1.82, 2.24) is 0 Å². The van der Waals surface area contributed by atoms with Crippen molar-refractivity contribution in [2.75, 3.05) is 7.11 Å².